The molecule has 6 rings (SSSR count). The predicted molar refractivity (Wildman–Crippen MR) is 213 cm³/mol. The topological polar surface area (TPSA) is 84.5 Å². The first-order chi connectivity index (χ1) is 27.1. The highest BCUT2D eigenvalue weighted by atomic mass is 16.6. The van der Waals surface area contributed by atoms with Crippen LogP contribution >= 0.6 is 0 Å². The molecule has 0 aliphatic carbocycles. The van der Waals surface area contributed by atoms with Gasteiger partial charge < -0.3 is 28.4 Å². The van der Waals surface area contributed by atoms with Gasteiger partial charge in [-0.05, 0) is 34.2 Å². The van der Waals surface area contributed by atoms with Gasteiger partial charge in [0.15, 0.2) is 0 Å². The van der Waals surface area contributed by atoms with E-state index in [1.807, 2.05) is 152 Å². The van der Waals surface area contributed by atoms with Crippen molar-refractivity contribution in [3.8, 4) is 0 Å². The maximum absolute atomic E-state index is 14.2. The lowest BCUT2D eigenvalue weighted by Crippen LogP contribution is -2.74. The lowest BCUT2D eigenvalue weighted by molar-refractivity contribution is -0.313. The van der Waals surface area contributed by atoms with Crippen LogP contribution in [0.2, 0.25) is 0 Å². The Morgan fingerprint density at radius 2 is 1.09 bits per heavy atom. The Labute approximate surface area is 325 Å². The summed E-state index contributed by atoms with van der Waals surface area (Å²) in [7, 11) is 1.39. The molecule has 1 aliphatic rings. The van der Waals surface area contributed by atoms with Crippen molar-refractivity contribution in [1.29, 1.82) is 0 Å². The lowest BCUT2D eigenvalue weighted by atomic mass is 9.76. The monoisotopic (exact) mass is 741 g/mol. The molecule has 1 fully saturated rings. The molecule has 0 radical (unpaired) electrons. The first-order valence-corrected chi connectivity index (χ1v) is 18.8. The Morgan fingerprint density at radius 3 is 1.56 bits per heavy atom. The van der Waals surface area contributed by atoms with Crippen molar-refractivity contribution in [2.75, 3.05) is 13.7 Å². The number of rotatable bonds is 20. The lowest BCUT2D eigenvalue weighted by Gasteiger charge is -2.55. The quantitative estimate of drug-likeness (QED) is 0.0635. The van der Waals surface area contributed by atoms with Crippen molar-refractivity contribution in [3.63, 3.8) is 0 Å². The molecular formula is C47H51NO7. The smallest absolute Gasteiger partial charge is 0.326 e. The Balaban J connectivity index is 1.45. The van der Waals surface area contributed by atoms with Crippen molar-refractivity contribution < 1.29 is 33.2 Å². The molecule has 0 saturated carbocycles. The van der Waals surface area contributed by atoms with Crippen molar-refractivity contribution in [2.45, 2.75) is 75.5 Å². The summed E-state index contributed by atoms with van der Waals surface area (Å²) in [5.41, 5.74) is 3.57. The average molecular weight is 742 g/mol. The molecule has 6 atom stereocenters. The van der Waals surface area contributed by atoms with E-state index in [1.165, 1.54) is 7.11 Å². The number of methoxy groups -OCH3 is 1. The SMILES string of the molecule is C=CC[C@]1(C(NCc2ccccc2)C(=O)OC)OC(COCc2ccccc2)[C@@H](OCc2ccccc2)C(OCc2ccccc2)C1OCc1ccccc1. The van der Waals surface area contributed by atoms with Gasteiger partial charge in [0.25, 0.3) is 0 Å². The van der Waals surface area contributed by atoms with Crippen molar-refractivity contribution >= 4 is 5.97 Å². The summed E-state index contributed by atoms with van der Waals surface area (Å²) in [4.78, 5) is 14.2. The first kappa shape index (κ1) is 39.8. The minimum absolute atomic E-state index is 0.149. The largest absolute Gasteiger partial charge is 0.468 e. The third-order valence-electron chi connectivity index (χ3n) is 9.82. The molecule has 1 heterocycles. The minimum atomic E-state index is -1.38. The second-order valence-electron chi connectivity index (χ2n) is 13.7. The van der Waals surface area contributed by atoms with Crippen LogP contribution in [0.3, 0.4) is 0 Å². The molecule has 0 bridgehead atoms. The molecule has 1 N–H and O–H groups in total. The molecule has 286 valence electrons. The third-order valence-corrected chi connectivity index (χ3v) is 9.82. The number of hydrogen-bond donors (Lipinski definition) is 1. The standard InChI is InChI=1S/C47H51NO7/c1-3-29-47(44(46(49)50-2)48-30-36-19-9-4-10-20-36)45(54-34-40-27-17-8-18-28-40)43(53-33-39-25-15-7-16-26-39)42(52-32-38-23-13-6-14-24-38)41(55-47)35-51-31-37-21-11-5-12-22-37/h3-28,41-45,48H,1,29-35H2,2H3/t41?,42-,43?,44?,45?,47-/m1/s1. The van der Waals surface area contributed by atoms with E-state index in [-0.39, 0.29) is 26.2 Å². The number of esters is 1. The molecule has 55 heavy (non-hydrogen) atoms. The number of nitrogens with one attached hydrogen (secondary N) is 1. The average Bonchev–Trinajstić information content (AvgIpc) is 3.24. The van der Waals surface area contributed by atoms with Gasteiger partial charge in [-0.2, -0.15) is 0 Å². The highest BCUT2D eigenvalue weighted by Crippen LogP contribution is 2.42. The van der Waals surface area contributed by atoms with Crippen LogP contribution in [0, 0.1) is 0 Å². The summed E-state index contributed by atoms with van der Waals surface area (Å²) in [6.07, 6.45) is -0.980. The molecule has 0 spiro atoms. The maximum atomic E-state index is 14.2. The van der Waals surface area contributed by atoms with Crippen LogP contribution < -0.4 is 5.32 Å². The van der Waals surface area contributed by atoms with Gasteiger partial charge in [0.2, 0.25) is 0 Å². The van der Waals surface area contributed by atoms with Gasteiger partial charge in [0.1, 0.15) is 36.1 Å². The van der Waals surface area contributed by atoms with E-state index in [4.69, 9.17) is 28.4 Å². The molecular weight excluding hydrogens is 691 g/mol. The summed E-state index contributed by atoms with van der Waals surface area (Å²) in [6.45, 7) is 5.82. The van der Waals surface area contributed by atoms with E-state index < -0.39 is 42.0 Å². The Hall–Kier alpha value is -4.93. The van der Waals surface area contributed by atoms with Gasteiger partial charge in [-0.25, -0.2) is 0 Å². The Kier molecular flexibility index (Phi) is 14.9. The van der Waals surface area contributed by atoms with E-state index >= 15 is 0 Å². The van der Waals surface area contributed by atoms with Crippen molar-refractivity contribution in [3.05, 3.63) is 192 Å². The van der Waals surface area contributed by atoms with E-state index in [1.54, 1.807) is 6.08 Å². The summed E-state index contributed by atoms with van der Waals surface area (Å²) in [5, 5.41) is 3.52. The summed E-state index contributed by atoms with van der Waals surface area (Å²) in [5.74, 6) is -0.500. The molecule has 8 nitrogen and oxygen atoms in total. The summed E-state index contributed by atoms with van der Waals surface area (Å²) in [6, 6.07) is 48.8. The van der Waals surface area contributed by atoms with Crippen LogP contribution in [0.15, 0.2) is 164 Å². The molecule has 8 heteroatoms. The van der Waals surface area contributed by atoms with Gasteiger partial charge in [-0.1, -0.05) is 158 Å². The van der Waals surface area contributed by atoms with Crippen LogP contribution in [0.1, 0.15) is 34.2 Å². The molecule has 5 aromatic carbocycles. The molecule has 5 aromatic rings. The molecule has 0 amide bonds. The number of carbonyl (C=O) groups is 1. The fraction of sp³-hybridized carbons (Fsp3) is 0.298. The fourth-order valence-electron chi connectivity index (χ4n) is 7.12. The maximum Gasteiger partial charge on any atom is 0.326 e. The first-order valence-electron chi connectivity index (χ1n) is 18.8. The summed E-state index contributed by atoms with van der Waals surface area (Å²) < 4.78 is 40.1. The number of benzene rings is 5. The highest BCUT2D eigenvalue weighted by molar-refractivity contribution is 5.77. The van der Waals surface area contributed by atoms with Gasteiger partial charge in [-0.3, -0.25) is 10.1 Å². The second kappa shape index (κ2) is 20.7. The number of ether oxygens (including phenoxy) is 6. The van der Waals surface area contributed by atoms with E-state index in [0.29, 0.717) is 19.8 Å². The fourth-order valence-corrected chi connectivity index (χ4v) is 7.12. The molecule has 4 unspecified atom stereocenters. The number of carbonyl (C=O) groups excluding carboxylic acids is 1. The Bertz CT molecular complexity index is 1850. The highest BCUT2D eigenvalue weighted by Gasteiger charge is 2.61. The molecule has 1 aliphatic heterocycles. The molecule has 0 aromatic heterocycles. The zero-order valence-electron chi connectivity index (χ0n) is 31.4. The normalized spacial score (nSPS) is 21.4. The van der Waals surface area contributed by atoms with Gasteiger partial charge in [0, 0.05) is 6.54 Å². The second-order valence-corrected chi connectivity index (χ2v) is 13.7. The van der Waals surface area contributed by atoms with Crippen molar-refractivity contribution in [1.82, 2.24) is 5.32 Å². The number of hydrogen-bond acceptors (Lipinski definition) is 8. The zero-order chi connectivity index (χ0) is 38.1. The van der Waals surface area contributed by atoms with Crippen LogP contribution in [0.5, 0.6) is 0 Å². The van der Waals surface area contributed by atoms with E-state index in [9.17, 15) is 4.79 Å². The van der Waals surface area contributed by atoms with Crippen molar-refractivity contribution in [2.24, 2.45) is 0 Å². The summed E-state index contributed by atoms with van der Waals surface area (Å²) >= 11 is 0. The van der Waals surface area contributed by atoms with Gasteiger partial charge >= 0.3 is 5.97 Å². The van der Waals surface area contributed by atoms with E-state index in [0.717, 1.165) is 27.8 Å². The third kappa shape index (κ3) is 10.9. The molecule has 1 saturated heterocycles. The Morgan fingerprint density at radius 1 is 0.655 bits per heavy atom. The predicted octanol–water partition coefficient (Wildman–Crippen LogP) is 8.00. The zero-order valence-corrected chi connectivity index (χ0v) is 31.4. The minimum Gasteiger partial charge on any atom is -0.468 e. The van der Waals surface area contributed by atoms with Crippen LogP contribution in [-0.4, -0.2) is 55.7 Å². The van der Waals surface area contributed by atoms with E-state index in [2.05, 4.69) is 11.9 Å². The van der Waals surface area contributed by atoms with Crippen LogP contribution in [0.25, 0.3) is 0 Å². The van der Waals surface area contributed by atoms with Crippen LogP contribution in [0.4, 0.5) is 0 Å². The van der Waals surface area contributed by atoms with Gasteiger partial charge in [0.05, 0.1) is 40.1 Å². The van der Waals surface area contributed by atoms with Crippen LogP contribution in [-0.2, 0) is 66.2 Å². The van der Waals surface area contributed by atoms with Gasteiger partial charge in [-0.15, -0.1) is 6.58 Å².